The number of likely N-dealkylation sites (N-methyl/N-ethyl adjacent to an activating group) is 1. The van der Waals surface area contributed by atoms with Crippen molar-refractivity contribution in [3.63, 3.8) is 0 Å². The maximum absolute atomic E-state index is 12.4. The van der Waals surface area contributed by atoms with E-state index in [2.05, 4.69) is 35.2 Å². The first kappa shape index (κ1) is 15.3. The fourth-order valence-corrected chi connectivity index (χ4v) is 3.62. The third kappa shape index (κ3) is 3.27. The Morgan fingerprint density at radius 2 is 2.23 bits per heavy atom. The average molecular weight is 301 g/mol. The molecule has 1 aromatic rings. The second-order valence-corrected chi connectivity index (χ2v) is 6.63. The van der Waals surface area contributed by atoms with E-state index < -0.39 is 0 Å². The SMILES string of the molecule is CCN1CCC[C@@H](CNC(=O)c2ccc3c(c2)N(C)CC3)C1. The van der Waals surface area contributed by atoms with Gasteiger partial charge >= 0.3 is 0 Å². The van der Waals surface area contributed by atoms with Gasteiger partial charge in [0.15, 0.2) is 0 Å². The molecule has 0 saturated carbocycles. The lowest BCUT2D eigenvalue weighted by atomic mass is 9.98. The maximum atomic E-state index is 12.4. The third-order valence-corrected chi connectivity index (χ3v) is 5.08. The molecule has 4 heteroatoms. The quantitative estimate of drug-likeness (QED) is 0.925. The highest BCUT2D eigenvalue weighted by molar-refractivity contribution is 5.95. The van der Waals surface area contributed by atoms with Gasteiger partial charge in [0.1, 0.15) is 0 Å². The first-order valence-electron chi connectivity index (χ1n) is 8.52. The molecule has 1 N–H and O–H groups in total. The Morgan fingerprint density at radius 1 is 1.36 bits per heavy atom. The molecule has 0 radical (unpaired) electrons. The van der Waals surface area contributed by atoms with Crippen molar-refractivity contribution < 1.29 is 4.79 Å². The molecule has 0 aromatic heterocycles. The number of amides is 1. The summed E-state index contributed by atoms with van der Waals surface area (Å²) in [6.45, 7) is 7.49. The Hall–Kier alpha value is -1.55. The zero-order valence-corrected chi connectivity index (χ0v) is 13.8. The number of carbonyl (C=O) groups excluding carboxylic acids is 1. The molecule has 120 valence electrons. The summed E-state index contributed by atoms with van der Waals surface area (Å²) in [5, 5.41) is 3.14. The summed E-state index contributed by atoms with van der Waals surface area (Å²) in [6.07, 6.45) is 3.56. The molecule has 1 fully saturated rings. The molecule has 0 bridgehead atoms. The molecule has 1 amide bonds. The topological polar surface area (TPSA) is 35.6 Å². The third-order valence-electron chi connectivity index (χ3n) is 5.08. The first-order valence-corrected chi connectivity index (χ1v) is 8.52. The number of hydrogen-bond donors (Lipinski definition) is 1. The van der Waals surface area contributed by atoms with Crippen LogP contribution in [0.2, 0.25) is 0 Å². The smallest absolute Gasteiger partial charge is 0.251 e. The minimum atomic E-state index is 0.0664. The number of piperidine rings is 1. The molecule has 2 heterocycles. The van der Waals surface area contributed by atoms with E-state index in [9.17, 15) is 4.79 Å². The molecule has 0 aliphatic carbocycles. The van der Waals surface area contributed by atoms with Gasteiger partial charge in [0.25, 0.3) is 5.91 Å². The van der Waals surface area contributed by atoms with Gasteiger partial charge < -0.3 is 15.1 Å². The summed E-state index contributed by atoms with van der Waals surface area (Å²) in [5.74, 6) is 0.659. The van der Waals surface area contributed by atoms with Gasteiger partial charge in [0.05, 0.1) is 0 Å². The van der Waals surface area contributed by atoms with E-state index >= 15 is 0 Å². The van der Waals surface area contributed by atoms with Crippen LogP contribution in [0.1, 0.15) is 35.7 Å². The molecular formula is C18H27N3O. The van der Waals surface area contributed by atoms with Gasteiger partial charge in [-0.05, 0) is 56.0 Å². The number of anilines is 1. The van der Waals surface area contributed by atoms with Crippen LogP contribution in [0.15, 0.2) is 18.2 Å². The largest absolute Gasteiger partial charge is 0.374 e. The molecule has 0 spiro atoms. The van der Waals surface area contributed by atoms with Crippen LogP contribution >= 0.6 is 0 Å². The molecule has 1 saturated heterocycles. The Kier molecular flexibility index (Phi) is 4.67. The Bertz CT molecular complexity index is 543. The number of benzene rings is 1. The Balaban J connectivity index is 1.57. The second-order valence-electron chi connectivity index (χ2n) is 6.63. The van der Waals surface area contributed by atoms with Crippen molar-refractivity contribution in [1.29, 1.82) is 0 Å². The van der Waals surface area contributed by atoms with Crippen molar-refractivity contribution in [2.45, 2.75) is 26.2 Å². The van der Waals surface area contributed by atoms with E-state index in [0.717, 1.165) is 38.2 Å². The van der Waals surface area contributed by atoms with Crippen molar-refractivity contribution >= 4 is 11.6 Å². The monoisotopic (exact) mass is 301 g/mol. The highest BCUT2D eigenvalue weighted by Crippen LogP contribution is 2.27. The van der Waals surface area contributed by atoms with Crippen LogP contribution in [0, 0.1) is 5.92 Å². The van der Waals surface area contributed by atoms with E-state index in [1.54, 1.807) is 0 Å². The predicted molar refractivity (Wildman–Crippen MR) is 90.6 cm³/mol. The first-order chi connectivity index (χ1) is 10.7. The fraction of sp³-hybridized carbons (Fsp3) is 0.611. The van der Waals surface area contributed by atoms with Gasteiger partial charge in [-0.1, -0.05) is 13.0 Å². The van der Waals surface area contributed by atoms with E-state index in [4.69, 9.17) is 0 Å². The minimum absolute atomic E-state index is 0.0664. The van der Waals surface area contributed by atoms with Crippen LogP contribution < -0.4 is 10.2 Å². The van der Waals surface area contributed by atoms with Gasteiger partial charge in [-0.3, -0.25) is 4.79 Å². The molecule has 1 aromatic carbocycles. The number of carbonyl (C=O) groups is 1. The highest BCUT2D eigenvalue weighted by Gasteiger charge is 2.21. The van der Waals surface area contributed by atoms with E-state index in [1.165, 1.54) is 30.6 Å². The van der Waals surface area contributed by atoms with Crippen LogP contribution in [0.25, 0.3) is 0 Å². The summed E-state index contributed by atoms with van der Waals surface area (Å²) >= 11 is 0. The van der Waals surface area contributed by atoms with Gasteiger partial charge in [0, 0.05) is 37.9 Å². The zero-order chi connectivity index (χ0) is 15.5. The molecule has 1 atom stereocenters. The van der Waals surface area contributed by atoms with Crippen molar-refractivity contribution in [1.82, 2.24) is 10.2 Å². The van der Waals surface area contributed by atoms with Crippen molar-refractivity contribution in [2.24, 2.45) is 5.92 Å². The average Bonchev–Trinajstić information content (AvgIpc) is 2.93. The zero-order valence-electron chi connectivity index (χ0n) is 13.8. The summed E-state index contributed by atoms with van der Waals surface area (Å²) in [7, 11) is 2.09. The number of nitrogens with zero attached hydrogens (tertiary/aromatic N) is 2. The lowest BCUT2D eigenvalue weighted by Gasteiger charge is -2.31. The summed E-state index contributed by atoms with van der Waals surface area (Å²) < 4.78 is 0. The van der Waals surface area contributed by atoms with E-state index in [1.807, 2.05) is 12.1 Å². The summed E-state index contributed by atoms with van der Waals surface area (Å²) in [6, 6.07) is 6.11. The fourth-order valence-electron chi connectivity index (χ4n) is 3.62. The highest BCUT2D eigenvalue weighted by atomic mass is 16.1. The van der Waals surface area contributed by atoms with E-state index in [0.29, 0.717) is 5.92 Å². The van der Waals surface area contributed by atoms with Crippen molar-refractivity contribution in [3.8, 4) is 0 Å². The molecule has 3 rings (SSSR count). The Morgan fingerprint density at radius 3 is 3.05 bits per heavy atom. The minimum Gasteiger partial charge on any atom is -0.374 e. The number of rotatable bonds is 4. The van der Waals surface area contributed by atoms with Crippen LogP contribution in [-0.2, 0) is 6.42 Å². The number of likely N-dealkylation sites (tertiary alicyclic amines) is 1. The van der Waals surface area contributed by atoms with Crippen LogP contribution in [-0.4, -0.2) is 50.6 Å². The molecule has 4 nitrogen and oxygen atoms in total. The standard InChI is InChI=1S/C18H27N3O/c1-3-21-9-4-5-14(13-21)12-19-18(22)16-7-6-15-8-10-20(2)17(15)11-16/h6-7,11,14H,3-5,8-10,12-13H2,1-2H3,(H,19,22)/t14-/m0/s1. The number of nitrogens with one attached hydrogen (secondary N) is 1. The molecule has 2 aliphatic rings. The predicted octanol–water partition coefficient (Wildman–Crippen LogP) is 2.14. The van der Waals surface area contributed by atoms with E-state index in [-0.39, 0.29) is 5.91 Å². The van der Waals surface area contributed by atoms with Gasteiger partial charge in [0.2, 0.25) is 0 Å². The molecule has 22 heavy (non-hydrogen) atoms. The van der Waals surface area contributed by atoms with Crippen molar-refractivity contribution in [3.05, 3.63) is 29.3 Å². The number of hydrogen-bond acceptors (Lipinski definition) is 3. The van der Waals surface area contributed by atoms with Crippen LogP contribution in [0.4, 0.5) is 5.69 Å². The normalized spacial score (nSPS) is 21.7. The maximum Gasteiger partial charge on any atom is 0.251 e. The van der Waals surface area contributed by atoms with Crippen LogP contribution in [0.3, 0.4) is 0 Å². The van der Waals surface area contributed by atoms with Crippen molar-refractivity contribution in [2.75, 3.05) is 44.7 Å². The summed E-state index contributed by atoms with van der Waals surface area (Å²) in [4.78, 5) is 17.1. The molecule has 2 aliphatic heterocycles. The lowest BCUT2D eigenvalue weighted by Crippen LogP contribution is -2.40. The molecular weight excluding hydrogens is 274 g/mol. The molecule has 0 unspecified atom stereocenters. The van der Waals surface area contributed by atoms with Gasteiger partial charge in [-0.2, -0.15) is 0 Å². The summed E-state index contributed by atoms with van der Waals surface area (Å²) in [5.41, 5.74) is 3.35. The lowest BCUT2D eigenvalue weighted by molar-refractivity contribution is 0.0933. The number of fused-ring (bicyclic) bond motifs is 1. The van der Waals surface area contributed by atoms with Gasteiger partial charge in [-0.15, -0.1) is 0 Å². The van der Waals surface area contributed by atoms with Gasteiger partial charge in [-0.25, -0.2) is 0 Å². The van der Waals surface area contributed by atoms with Crippen LogP contribution in [0.5, 0.6) is 0 Å². The second kappa shape index (κ2) is 6.69. The Labute approximate surface area is 133 Å².